The van der Waals surface area contributed by atoms with E-state index in [0.29, 0.717) is 9.34 Å². The van der Waals surface area contributed by atoms with Gasteiger partial charge in [0, 0.05) is 0 Å². The van der Waals surface area contributed by atoms with Crippen molar-refractivity contribution in [1.82, 2.24) is 4.98 Å². The number of hydrogen-bond donors (Lipinski definition) is 1. The van der Waals surface area contributed by atoms with Gasteiger partial charge in [0.15, 0.2) is 0 Å². The van der Waals surface area contributed by atoms with E-state index in [1.165, 1.54) is 6.20 Å². The fourth-order valence-electron chi connectivity index (χ4n) is 0.485. The van der Waals surface area contributed by atoms with Crippen molar-refractivity contribution in [3.8, 4) is 0 Å². The van der Waals surface area contributed by atoms with Crippen LogP contribution in [0.15, 0.2) is 12.8 Å². The topological polar surface area (TPSA) is 50.2 Å². The molecule has 0 aromatic carbocycles. The van der Waals surface area contributed by atoms with Gasteiger partial charge in [-0.2, -0.15) is 0 Å². The predicted molar refractivity (Wildman–Crippen MR) is 43.8 cm³/mol. The summed E-state index contributed by atoms with van der Waals surface area (Å²) in [6.45, 7) is 3.33. The van der Waals surface area contributed by atoms with Crippen molar-refractivity contribution in [3.63, 3.8) is 0 Å². The van der Waals surface area contributed by atoms with E-state index in [1.807, 2.05) is 0 Å². The van der Waals surface area contributed by atoms with Crippen molar-refractivity contribution in [3.05, 3.63) is 22.1 Å². The molecule has 0 fully saturated rings. The molecule has 0 spiro atoms. The molecule has 0 saturated heterocycles. The quantitative estimate of drug-likeness (QED) is 0.723. The van der Waals surface area contributed by atoms with Crippen LogP contribution in [0.3, 0.4) is 0 Å². The van der Waals surface area contributed by atoms with Crippen molar-refractivity contribution in [1.29, 1.82) is 0 Å². The van der Waals surface area contributed by atoms with Crippen molar-refractivity contribution in [2.75, 3.05) is 0 Å². The Bertz CT molecular complexity index is 307. The third-order valence-electron chi connectivity index (χ3n) is 0.994. The molecule has 0 saturated carbocycles. The molecule has 0 atom stereocenters. The maximum Gasteiger partial charge on any atom is 0.338 e. The van der Waals surface area contributed by atoms with Crippen molar-refractivity contribution in [2.45, 2.75) is 0 Å². The summed E-state index contributed by atoms with van der Waals surface area (Å²) in [5, 5.41) is 8.82. The normalized spacial score (nSPS) is 9.55. The number of aromatic nitrogens is 1. The van der Waals surface area contributed by atoms with E-state index in [9.17, 15) is 4.79 Å². The highest BCUT2D eigenvalue weighted by Crippen LogP contribution is 2.23. The van der Waals surface area contributed by atoms with Crippen LogP contribution in [-0.4, -0.2) is 16.1 Å². The summed E-state index contributed by atoms with van der Waals surface area (Å²) in [6.07, 6.45) is 1.40. The lowest BCUT2D eigenvalue weighted by molar-refractivity contribution is -0.130. The van der Waals surface area contributed by atoms with Crippen LogP contribution in [0.5, 0.6) is 0 Å². The summed E-state index contributed by atoms with van der Waals surface area (Å²) in [7, 11) is 0. The van der Waals surface area contributed by atoms with Crippen LogP contribution < -0.4 is 0 Å². The van der Waals surface area contributed by atoms with Gasteiger partial charge in [-0.1, -0.05) is 18.2 Å². The largest absolute Gasteiger partial charge is 0.478 e. The molecule has 1 heterocycles. The third kappa shape index (κ3) is 1.78. The SMILES string of the molecule is C=C(C(=O)O)c1ncc(Cl)s1. The molecule has 0 radical (unpaired) electrons. The summed E-state index contributed by atoms with van der Waals surface area (Å²) in [6, 6.07) is 0. The number of hydrogen-bond acceptors (Lipinski definition) is 3. The van der Waals surface area contributed by atoms with Crippen molar-refractivity contribution < 1.29 is 9.90 Å². The smallest absolute Gasteiger partial charge is 0.338 e. The summed E-state index contributed by atoms with van der Waals surface area (Å²) < 4.78 is 0.461. The zero-order valence-electron chi connectivity index (χ0n) is 5.37. The van der Waals surface area contributed by atoms with Crippen LogP contribution in [0, 0.1) is 0 Å². The summed E-state index contributed by atoms with van der Waals surface area (Å²) in [5.41, 5.74) is -0.0260. The zero-order chi connectivity index (χ0) is 8.43. The van der Waals surface area contributed by atoms with Gasteiger partial charge in [-0.3, -0.25) is 0 Å². The number of nitrogens with zero attached hydrogens (tertiary/aromatic N) is 1. The van der Waals surface area contributed by atoms with Gasteiger partial charge >= 0.3 is 5.97 Å². The molecule has 0 amide bonds. The Hall–Kier alpha value is -0.870. The molecule has 1 rings (SSSR count). The first-order valence-corrected chi connectivity index (χ1v) is 3.84. The van der Waals surface area contributed by atoms with Gasteiger partial charge in [0.05, 0.1) is 11.8 Å². The van der Waals surface area contributed by atoms with Crippen LogP contribution in [-0.2, 0) is 4.79 Å². The van der Waals surface area contributed by atoms with E-state index in [4.69, 9.17) is 16.7 Å². The third-order valence-corrected chi connectivity index (χ3v) is 2.17. The maximum absolute atomic E-state index is 10.3. The fourth-order valence-corrected chi connectivity index (χ4v) is 1.36. The average molecular weight is 190 g/mol. The minimum Gasteiger partial charge on any atom is -0.478 e. The summed E-state index contributed by atoms with van der Waals surface area (Å²) in [4.78, 5) is 14.1. The van der Waals surface area contributed by atoms with Gasteiger partial charge in [0.25, 0.3) is 0 Å². The van der Waals surface area contributed by atoms with Gasteiger partial charge < -0.3 is 5.11 Å². The molecule has 0 aliphatic heterocycles. The van der Waals surface area contributed by atoms with Gasteiger partial charge in [0.2, 0.25) is 0 Å². The molecule has 3 nitrogen and oxygen atoms in total. The van der Waals surface area contributed by atoms with E-state index >= 15 is 0 Å². The first kappa shape index (κ1) is 8.23. The predicted octanol–water partition coefficient (Wildman–Crippen LogP) is 1.89. The van der Waals surface area contributed by atoms with Crippen LogP contribution in [0.2, 0.25) is 4.34 Å². The minimum absolute atomic E-state index is 0.0260. The van der Waals surface area contributed by atoms with Gasteiger partial charge in [-0.25, -0.2) is 9.78 Å². The monoisotopic (exact) mass is 189 g/mol. The van der Waals surface area contributed by atoms with E-state index < -0.39 is 5.97 Å². The van der Waals surface area contributed by atoms with Gasteiger partial charge in [0.1, 0.15) is 9.34 Å². The number of aliphatic carboxylic acids is 1. The van der Waals surface area contributed by atoms with E-state index in [0.717, 1.165) is 11.3 Å². The Morgan fingerprint density at radius 3 is 2.82 bits per heavy atom. The highest BCUT2D eigenvalue weighted by Gasteiger charge is 2.10. The molecule has 1 aromatic heterocycles. The van der Waals surface area contributed by atoms with Crippen LogP contribution >= 0.6 is 22.9 Å². The molecule has 0 aliphatic rings. The number of carboxylic acids is 1. The van der Waals surface area contributed by atoms with Crippen molar-refractivity contribution >= 4 is 34.5 Å². The van der Waals surface area contributed by atoms with Crippen molar-refractivity contribution in [2.24, 2.45) is 0 Å². The number of rotatable bonds is 2. The number of thiazole rings is 1. The molecule has 5 heteroatoms. The van der Waals surface area contributed by atoms with Gasteiger partial charge in [-0.05, 0) is 0 Å². The second-order valence-electron chi connectivity index (χ2n) is 1.75. The van der Waals surface area contributed by atoms with Crippen LogP contribution in [0.1, 0.15) is 5.01 Å². The number of carbonyl (C=O) groups is 1. The first-order chi connectivity index (χ1) is 5.11. The standard InChI is InChI=1S/C6H4ClNO2S/c1-3(6(9)10)5-8-2-4(7)11-5/h2H,1H2,(H,9,10). The Morgan fingerprint density at radius 2 is 2.45 bits per heavy atom. The number of halogens is 1. The Morgan fingerprint density at radius 1 is 1.82 bits per heavy atom. The lowest BCUT2D eigenvalue weighted by Gasteiger charge is -1.90. The average Bonchev–Trinajstić information content (AvgIpc) is 2.34. The van der Waals surface area contributed by atoms with E-state index in [1.54, 1.807) is 0 Å². The highest BCUT2D eigenvalue weighted by molar-refractivity contribution is 7.17. The molecule has 11 heavy (non-hydrogen) atoms. The maximum atomic E-state index is 10.3. The van der Waals surface area contributed by atoms with Crippen LogP contribution in [0.4, 0.5) is 0 Å². The lowest BCUT2D eigenvalue weighted by atomic mass is 10.3. The van der Waals surface area contributed by atoms with Gasteiger partial charge in [-0.15, -0.1) is 11.3 Å². The second-order valence-corrected chi connectivity index (χ2v) is 3.42. The molecule has 0 aliphatic carbocycles. The zero-order valence-corrected chi connectivity index (χ0v) is 6.95. The molecular formula is C6H4ClNO2S. The highest BCUT2D eigenvalue weighted by atomic mass is 35.5. The second kappa shape index (κ2) is 3.02. The Kier molecular flexibility index (Phi) is 2.26. The molecular weight excluding hydrogens is 186 g/mol. The molecule has 0 bridgehead atoms. The summed E-state index contributed by atoms with van der Waals surface area (Å²) in [5.74, 6) is -1.07. The minimum atomic E-state index is -1.07. The number of carboxylic acid groups (broad SMARTS) is 1. The fraction of sp³-hybridized carbons (Fsp3) is 0. The molecule has 1 aromatic rings. The first-order valence-electron chi connectivity index (χ1n) is 2.65. The summed E-state index contributed by atoms with van der Waals surface area (Å²) >= 11 is 6.63. The Balaban J connectivity index is 2.94. The molecule has 0 unspecified atom stereocenters. The van der Waals surface area contributed by atoms with E-state index in [2.05, 4.69) is 11.6 Å². The van der Waals surface area contributed by atoms with E-state index in [-0.39, 0.29) is 5.57 Å². The van der Waals surface area contributed by atoms with Crippen LogP contribution in [0.25, 0.3) is 5.57 Å². The molecule has 1 N–H and O–H groups in total. The lowest BCUT2D eigenvalue weighted by Crippen LogP contribution is -1.96. The molecule has 58 valence electrons. The Labute approximate surface area is 72.0 Å².